The van der Waals surface area contributed by atoms with Gasteiger partial charge in [-0.2, -0.15) is 0 Å². The zero-order valence-corrected chi connectivity index (χ0v) is 10.7. The Kier molecular flexibility index (Phi) is 4.12. The maximum absolute atomic E-state index is 5.68. The van der Waals surface area contributed by atoms with Gasteiger partial charge in [-0.3, -0.25) is 0 Å². The molecule has 1 aromatic heterocycles. The van der Waals surface area contributed by atoms with Gasteiger partial charge in [-0.1, -0.05) is 12.1 Å². The maximum Gasteiger partial charge on any atom is 0.124 e. The summed E-state index contributed by atoms with van der Waals surface area (Å²) in [5, 5.41) is 1.07. The van der Waals surface area contributed by atoms with Gasteiger partial charge in [0, 0.05) is 6.20 Å². The van der Waals surface area contributed by atoms with Crippen molar-refractivity contribution in [1.29, 1.82) is 0 Å². The third kappa shape index (κ3) is 3.54. The summed E-state index contributed by atoms with van der Waals surface area (Å²) >= 11 is 1.67. The molecular weight excluding hydrogens is 232 g/mol. The Hall–Kier alpha value is -1.39. The molecule has 2 rings (SSSR count). The Bertz CT molecular complexity index is 465. The Morgan fingerprint density at radius 2 is 2.06 bits per heavy atom. The molecule has 0 fully saturated rings. The van der Waals surface area contributed by atoms with Crippen LogP contribution in [0, 0.1) is 6.92 Å². The smallest absolute Gasteiger partial charge is 0.124 e. The van der Waals surface area contributed by atoms with Gasteiger partial charge in [0.2, 0.25) is 0 Å². The third-order valence-electron chi connectivity index (χ3n) is 2.41. The molecule has 2 aromatic rings. The molecular formula is C13H16N2OS. The van der Waals surface area contributed by atoms with Crippen molar-refractivity contribution in [1.82, 2.24) is 4.98 Å². The second-order valence-corrected chi connectivity index (χ2v) is 5.14. The largest absolute Gasteiger partial charge is 0.488 e. The van der Waals surface area contributed by atoms with Crippen molar-refractivity contribution in [2.45, 2.75) is 20.0 Å². The van der Waals surface area contributed by atoms with E-state index in [0.29, 0.717) is 13.2 Å². The van der Waals surface area contributed by atoms with Crippen molar-refractivity contribution in [3.63, 3.8) is 0 Å². The van der Waals surface area contributed by atoms with Crippen LogP contribution in [0.1, 0.15) is 15.4 Å². The van der Waals surface area contributed by atoms with E-state index in [-0.39, 0.29) is 0 Å². The van der Waals surface area contributed by atoms with Crippen molar-refractivity contribution >= 4 is 11.3 Å². The standard InChI is InChI=1S/C13H16N2OS/c1-10-15-8-13(17-10)9-16-12-4-2-11(3-5-12)6-7-14/h2-5,8H,6-7,9,14H2,1H3. The first-order chi connectivity index (χ1) is 8.28. The lowest BCUT2D eigenvalue weighted by Gasteiger charge is -2.05. The highest BCUT2D eigenvalue weighted by Gasteiger charge is 2.00. The summed E-state index contributed by atoms with van der Waals surface area (Å²) in [6, 6.07) is 8.08. The number of ether oxygens (including phenoxy) is 1. The Morgan fingerprint density at radius 1 is 1.29 bits per heavy atom. The zero-order chi connectivity index (χ0) is 12.1. The first-order valence-electron chi connectivity index (χ1n) is 5.61. The molecule has 0 aliphatic rings. The van der Waals surface area contributed by atoms with Crippen LogP contribution in [-0.2, 0) is 13.0 Å². The SMILES string of the molecule is Cc1ncc(COc2ccc(CCN)cc2)s1. The van der Waals surface area contributed by atoms with Crippen molar-refractivity contribution in [2.75, 3.05) is 6.54 Å². The van der Waals surface area contributed by atoms with E-state index in [1.54, 1.807) is 11.3 Å². The average Bonchev–Trinajstić information content (AvgIpc) is 2.75. The van der Waals surface area contributed by atoms with E-state index in [1.165, 1.54) is 5.56 Å². The zero-order valence-electron chi connectivity index (χ0n) is 9.85. The molecule has 0 saturated carbocycles. The van der Waals surface area contributed by atoms with Gasteiger partial charge in [-0.25, -0.2) is 4.98 Å². The van der Waals surface area contributed by atoms with Gasteiger partial charge in [-0.15, -0.1) is 11.3 Å². The molecule has 0 saturated heterocycles. The number of hydrogen-bond donors (Lipinski definition) is 1. The summed E-state index contributed by atoms with van der Waals surface area (Å²) < 4.78 is 5.68. The van der Waals surface area contributed by atoms with E-state index >= 15 is 0 Å². The molecule has 17 heavy (non-hydrogen) atoms. The molecule has 0 amide bonds. The number of aromatic nitrogens is 1. The Morgan fingerprint density at radius 3 is 2.65 bits per heavy atom. The number of thiazole rings is 1. The van der Waals surface area contributed by atoms with Crippen molar-refractivity contribution in [3.05, 3.63) is 45.9 Å². The van der Waals surface area contributed by atoms with Crippen LogP contribution >= 0.6 is 11.3 Å². The fraction of sp³-hybridized carbons (Fsp3) is 0.308. The Balaban J connectivity index is 1.90. The quantitative estimate of drug-likeness (QED) is 0.884. The van der Waals surface area contributed by atoms with E-state index in [2.05, 4.69) is 17.1 Å². The van der Waals surface area contributed by atoms with E-state index in [0.717, 1.165) is 22.1 Å². The molecule has 0 bridgehead atoms. The highest BCUT2D eigenvalue weighted by atomic mass is 32.1. The van der Waals surface area contributed by atoms with Crippen molar-refractivity contribution < 1.29 is 4.74 Å². The normalized spacial score (nSPS) is 10.5. The lowest BCUT2D eigenvalue weighted by molar-refractivity contribution is 0.309. The molecule has 0 aliphatic heterocycles. The summed E-state index contributed by atoms with van der Waals surface area (Å²) in [7, 11) is 0. The highest BCUT2D eigenvalue weighted by Crippen LogP contribution is 2.17. The van der Waals surface area contributed by atoms with Crippen LogP contribution < -0.4 is 10.5 Å². The summed E-state index contributed by atoms with van der Waals surface area (Å²) in [4.78, 5) is 5.34. The van der Waals surface area contributed by atoms with Crippen LogP contribution in [0.4, 0.5) is 0 Å². The minimum Gasteiger partial charge on any atom is -0.488 e. The second-order valence-electron chi connectivity index (χ2n) is 3.82. The van der Waals surface area contributed by atoms with E-state index < -0.39 is 0 Å². The number of benzene rings is 1. The third-order valence-corrected chi connectivity index (χ3v) is 3.29. The fourth-order valence-corrected chi connectivity index (χ4v) is 2.25. The molecule has 0 spiro atoms. The second kappa shape index (κ2) is 5.80. The molecule has 0 atom stereocenters. The van der Waals surface area contributed by atoms with Crippen LogP contribution in [0.5, 0.6) is 5.75 Å². The number of nitrogens with two attached hydrogens (primary N) is 1. The van der Waals surface area contributed by atoms with Crippen LogP contribution in [0.2, 0.25) is 0 Å². The molecule has 2 N–H and O–H groups in total. The lowest BCUT2D eigenvalue weighted by Crippen LogP contribution is -2.02. The number of rotatable bonds is 5. The summed E-state index contributed by atoms with van der Waals surface area (Å²) in [6.45, 7) is 3.26. The first kappa shape index (κ1) is 12.1. The number of aryl methyl sites for hydroxylation is 1. The van der Waals surface area contributed by atoms with Crippen LogP contribution in [0.3, 0.4) is 0 Å². The maximum atomic E-state index is 5.68. The summed E-state index contributed by atoms with van der Waals surface area (Å²) in [5.41, 5.74) is 6.74. The van der Waals surface area contributed by atoms with Crippen LogP contribution in [0.15, 0.2) is 30.5 Å². The predicted molar refractivity (Wildman–Crippen MR) is 70.4 cm³/mol. The first-order valence-corrected chi connectivity index (χ1v) is 6.42. The van der Waals surface area contributed by atoms with E-state index in [9.17, 15) is 0 Å². The monoisotopic (exact) mass is 248 g/mol. The topological polar surface area (TPSA) is 48.1 Å². The van der Waals surface area contributed by atoms with E-state index in [1.807, 2.05) is 25.3 Å². The molecule has 1 aromatic carbocycles. The fourth-order valence-electron chi connectivity index (χ4n) is 1.55. The van der Waals surface area contributed by atoms with Gasteiger partial charge < -0.3 is 10.5 Å². The molecule has 0 aliphatic carbocycles. The van der Waals surface area contributed by atoms with Gasteiger partial charge in [0.1, 0.15) is 12.4 Å². The van der Waals surface area contributed by atoms with Gasteiger partial charge in [0.15, 0.2) is 0 Å². The number of hydrogen-bond acceptors (Lipinski definition) is 4. The Labute approximate surface area is 105 Å². The highest BCUT2D eigenvalue weighted by molar-refractivity contribution is 7.11. The van der Waals surface area contributed by atoms with Crippen LogP contribution in [0.25, 0.3) is 0 Å². The lowest BCUT2D eigenvalue weighted by atomic mass is 10.1. The van der Waals surface area contributed by atoms with Gasteiger partial charge in [-0.05, 0) is 37.6 Å². The van der Waals surface area contributed by atoms with E-state index in [4.69, 9.17) is 10.5 Å². The van der Waals surface area contributed by atoms with Gasteiger partial charge in [0.05, 0.1) is 9.88 Å². The molecule has 90 valence electrons. The average molecular weight is 248 g/mol. The molecule has 3 nitrogen and oxygen atoms in total. The minimum atomic E-state index is 0.585. The van der Waals surface area contributed by atoms with Gasteiger partial charge >= 0.3 is 0 Å². The molecule has 1 heterocycles. The number of nitrogens with zero attached hydrogens (tertiary/aromatic N) is 1. The summed E-state index contributed by atoms with van der Waals surface area (Å²) in [5.74, 6) is 0.886. The summed E-state index contributed by atoms with van der Waals surface area (Å²) in [6.07, 6.45) is 2.77. The molecule has 4 heteroatoms. The van der Waals surface area contributed by atoms with Crippen LogP contribution in [-0.4, -0.2) is 11.5 Å². The van der Waals surface area contributed by atoms with Gasteiger partial charge in [0.25, 0.3) is 0 Å². The minimum absolute atomic E-state index is 0.585. The molecule has 0 radical (unpaired) electrons. The molecule has 0 unspecified atom stereocenters. The van der Waals surface area contributed by atoms with Crippen molar-refractivity contribution in [2.24, 2.45) is 5.73 Å². The van der Waals surface area contributed by atoms with Crippen molar-refractivity contribution in [3.8, 4) is 5.75 Å². The predicted octanol–water partition coefficient (Wildman–Crippen LogP) is 2.53.